The second-order valence-electron chi connectivity index (χ2n) is 7.48. The van der Waals surface area contributed by atoms with Crippen molar-refractivity contribution >= 4 is 43.5 Å². The highest BCUT2D eigenvalue weighted by atomic mass is 32.1. The number of aromatic nitrogens is 7. The molecule has 0 bridgehead atoms. The number of H-pyrrole nitrogens is 1. The lowest BCUT2D eigenvalue weighted by atomic mass is 10.1. The summed E-state index contributed by atoms with van der Waals surface area (Å²) in [5.41, 5.74) is 4.35. The zero-order valence-corrected chi connectivity index (χ0v) is 17.4. The first-order chi connectivity index (χ1) is 15.2. The highest BCUT2D eigenvalue weighted by Gasteiger charge is 2.18. The molecule has 5 aromatic heterocycles. The van der Waals surface area contributed by atoms with Crippen LogP contribution in [-0.2, 0) is 20.0 Å². The summed E-state index contributed by atoms with van der Waals surface area (Å²) < 4.78 is 4.38. The van der Waals surface area contributed by atoms with Crippen LogP contribution in [0.1, 0.15) is 16.1 Å². The Bertz CT molecular complexity index is 1620. The molecule has 6 rings (SSSR count). The number of benzene rings is 1. The van der Waals surface area contributed by atoms with E-state index in [1.807, 2.05) is 48.1 Å². The molecule has 152 valence electrons. The Kier molecular flexibility index (Phi) is 3.97. The molecule has 0 aliphatic rings. The summed E-state index contributed by atoms with van der Waals surface area (Å²) in [6.45, 7) is 0.379. The monoisotopic (exact) mass is 427 g/mol. The van der Waals surface area contributed by atoms with Gasteiger partial charge in [0, 0.05) is 36.6 Å². The van der Waals surface area contributed by atoms with Gasteiger partial charge in [0.1, 0.15) is 10.5 Å². The normalized spacial score (nSPS) is 11.8. The van der Waals surface area contributed by atoms with E-state index in [-0.39, 0.29) is 5.56 Å². The van der Waals surface area contributed by atoms with E-state index in [0.717, 1.165) is 42.8 Å². The molecule has 0 radical (unpaired) electrons. The number of thiazole rings is 1. The van der Waals surface area contributed by atoms with E-state index >= 15 is 0 Å². The molecule has 0 unspecified atom stereocenters. The Hall–Kier alpha value is -3.85. The maximum absolute atomic E-state index is 13.3. The molecule has 0 spiro atoms. The lowest BCUT2D eigenvalue weighted by Gasteiger charge is -2.07. The smallest absolute Gasteiger partial charge is 0.291 e. The van der Waals surface area contributed by atoms with Crippen molar-refractivity contribution in [3.05, 3.63) is 81.6 Å². The van der Waals surface area contributed by atoms with Gasteiger partial charge in [-0.2, -0.15) is 10.2 Å². The first-order valence-corrected chi connectivity index (χ1v) is 10.6. The number of aromatic amines is 1. The Morgan fingerprint density at radius 3 is 2.90 bits per heavy atom. The minimum atomic E-state index is -0.125. The van der Waals surface area contributed by atoms with E-state index in [4.69, 9.17) is 4.98 Å². The van der Waals surface area contributed by atoms with Crippen LogP contribution in [0.4, 0.5) is 0 Å². The number of aryl methyl sites for hydroxylation is 1. The van der Waals surface area contributed by atoms with Crippen LogP contribution in [0.25, 0.3) is 32.2 Å². The Morgan fingerprint density at radius 1 is 1.10 bits per heavy atom. The molecule has 1 N–H and O–H groups in total. The number of pyridine rings is 1. The fraction of sp³-hybridized carbons (Fsp3) is 0.136. The third-order valence-corrected chi connectivity index (χ3v) is 6.62. The summed E-state index contributed by atoms with van der Waals surface area (Å²) in [7, 11) is 1.89. The molecular formula is C22H17N7OS. The van der Waals surface area contributed by atoms with Gasteiger partial charge < -0.3 is 4.57 Å². The third-order valence-electron chi connectivity index (χ3n) is 5.54. The quantitative estimate of drug-likeness (QED) is 0.466. The van der Waals surface area contributed by atoms with Gasteiger partial charge in [0.05, 0.1) is 29.2 Å². The lowest BCUT2D eigenvalue weighted by molar-refractivity contribution is 0.647. The highest BCUT2D eigenvalue weighted by Crippen LogP contribution is 2.31. The molecular weight excluding hydrogens is 410 g/mol. The fourth-order valence-electron chi connectivity index (χ4n) is 4.03. The SMILES string of the molecule is Cn1c2nc(Cc3cccnc3)sc2c2cnn(Cc3cccc4[nH]ncc34)c(=O)c21. The number of nitrogens with zero attached hydrogens (tertiary/aromatic N) is 6. The number of fused-ring (bicyclic) bond motifs is 4. The van der Waals surface area contributed by atoms with E-state index in [1.54, 1.807) is 29.9 Å². The Labute approximate surface area is 179 Å². The second kappa shape index (κ2) is 6.85. The first kappa shape index (κ1) is 18.0. The van der Waals surface area contributed by atoms with Gasteiger partial charge in [-0.15, -0.1) is 11.3 Å². The Morgan fingerprint density at radius 2 is 2.03 bits per heavy atom. The standard InChI is InChI=1S/C22H17N7OS/c1-28-19-16(20-21(28)26-18(31-20)8-13-4-3-7-23-9-13)11-25-29(22(19)30)12-14-5-2-6-17-15(14)10-24-27-17/h2-7,9-11H,8,12H2,1H3,(H,24,27). The largest absolute Gasteiger partial charge is 0.323 e. The molecule has 0 saturated carbocycles. The number of nitrogens with one attached hydrogen (secondary N) is 1. The highest BCUT2D eigenvalue weighted by molar-refractivity contribution is 7.19. The predicted molar refractivity (Wildman–Crippen MR) is 120 cm³/mol. The van der Waals surface area contributed by atoms with Crippen LogP contribution in [0.2, 0.25) is 0 Å². The van der Waals surface area contributed by atoms with Crippen molar-refractivity contribution in [1.82, 2.24) is 34.5 Å². The van der Waals surface area contributed by atoms with Crippen LogP contribution in [0.15, 0.2) is 59.9 Å². The predicted octanol–water partition coefficient (Wildman–Crippen LogP) is 3.26. The molecule has 9 heteroatoms. The summed E-state index contributed by atoms with van der Waals surface area (Å²) >= 11 is 1.60. The average Bonchev–Trinajstić information content (AvgIpc) is 3.48. The zero-order chi connectivity index (χ0) is 20.9. The minimum absolute atomic E-state index is 0.125. The number of rotatable bonds is 4. The molecule has 6 aromatic rings. The van der Waals surface area contributed by atoms with Crippen LogP contribution in [-0.4, -0.2) is 34.5 Å². The second-order valence-corrected chi connectivity index (χ2v) is 8.56. The molecule has 1 aromatic carbocycles. The van der Waals surface area contributed by atoms with Crippen LogP contribution in [0, 0.1) is 0 Å². The number of hydrogen-bond donors (Lipinski definition) is 1. The van der Waals surface area contributed by atoms with Gasteiger partial charge in [-0.3, -0.25) is 14.9 Å². The fourth-order valence-corrected chi connectivity index (χ4v) is 5.17. The molecule has 0 atom stereocenters. The van der Waals surface area contributed by atoms with Crippen molar-refractivity contribution in [1.29, 1.82) is 0 Å². The van der Waals surface area contributed by atoms with Crippen molar-refractivity contribution in [2.75, 3.05) is 0 Å². The maximum atomic E-state index is 13.3. The van der Waals surface area contributed by atoms with Gasteiger partial charge in [-0.05, 0) is 23.3 Å². The van der Waals surface area contributed by atoms with Gasteiger partial charge in [-0.25, -0.2) is 9.67 Å². The van der Waals surface area contributed by atoms with E-state index in [9.17, 15) is 4.79 Å². The van der Waals surface area contributed by atoms with Crippen LogP contribution < -0.4 is 5.56 Å². The summed E-state index contributed by atoms with van der Waals surface area (Å²) in [4.78, 5) is 22.3. The molecule has 0 aliphatic heterocycles. The summed E-state index contributed by atoms with van der Waals surface area (Å²) in [6, 6.07) is 9.87. The van der Waals surface area contributed by atoms with Crippen molar-refractivity contribution in [2.24, 2.45) is 7.05 Å². The maximum Gasteiger partial charge on any atom is 0.291 e. The van der Waals surface area contributed by atoms with Gasteiger partial charge in [0.2, 0.25) is 0 Å². The summed E-state index contributed by atoms with van der Waals surface area (Å²) in [5.74, 6) is 0. The molecule has 0 saturated heterocycles. The van der Waals surface area contributed by atoms with Gasteiger partial charge in [0.15, 0.2) is 5.65 Å². The van der Waals surface area contributed by atoms with Crippen molar-refractivity contribution in [3.63, 3.8) is 0 Å². The third kappa shape index (κ3) is 2.85. The zero-order valence-electron chi connectivity index (χ0n) is 16.6. The molecule has 5 heterocycles. The van der Waals surface area contributed by atoms with E-state index in [0.29, 0.717) is 18.5 Å². The van der Waals surface area contributed by atoms with Crippen LogP contribution in [0.5, 0.6) is 0 Å². The van der Waals surface area contributed by atoms with E-state index in [2.05, 4.69) is 20.3 Å². The minimum Gasteiger partial charge on any atom is -0.323 e. The van der Waals surface area contributed by atoms with E-state index in [1.165, 1.54) is 4.68 Å². The summed E-state index contributed by atoms with van der Waals surface area (Å²) in [5, 5.41) is 14.4. The molecule has 0 fully saturated rings. The van der Waals surface area contributed by atoms with Crippen molar-refractivity contribution in [2.45, 2.75) is 13.0 Å². The molecule has 0 aliphatic carbocycles. The van der Waals surface area contributed by atoms with Gasteiger partial charge in [0.25, 0.3) is 5.56 Å². The summed E-state index contributed by atoms with van der Waals surface area (Å²) in [6.07, 6.45) is 7.89. The van der Waals surface area contributed by atoms with Gasteiger partial charge >= 0.3 is 0 Å². The van der Waals surface area contributed by atoms with Crippen molar-refractivity contribution < 1.29 is 0 Å². The van der Waals surface area contributed by atoms with Crippen LogP contribution in [0.3, 0.4) is 0 Å². The molecule has 31 heavy (non-hydrogen) atoms. The number of hydrogen-bond acceptors (Lipinski definition) is 6. The molecule has 8 nitrogen and oxygen atoms in total. The average molecular weight is 427 g/mol. The lowest BCUT2D eigenvalue weighted by Crippen LogP contribution is -2.24. The van der Waals surface area contributed by atoms with E-state index < -0.39 is 0 Å². The van der Waals surface area contributed by atoms with Crippen molar-refractivity contribution in [3.8, 4) is 0 Å². The van der Waals surface area contributed by atoms with Crippen LogP contribution >= 0.6 is 11.3 Å². The molecule has 0 amide bonds. The van der Waals surface area contributed by atoms with Gasteiger partial charge in [-0.1, -0.05) is 18.2 Å². The Balaban J connectivity index is 1.43. The topological polar surface area (TPSA) is 94.3 Å². The first-order valence-electron chi connectivity index (χ1n) is 9.83.